The fraction of sp³-hybridized carbons (Fsp3) is 0.276. The van der Waals surface area contributed by atoms with Crippen LogP contribution >= 0.6 is 11.6 Å². The second kappa shape index (κ2) is 12.4. The van der Waals surface area contributed by atoms with Gasteiger partial charge in [0.25, 0.3) is 5.91 Å². The molecule has 0 aromatic heterocycles. The lowest BCUT2D eigenvalue weighted by Crippen LogP contribution is -2.50. The first-order chi connectivity index (χ1) is 17.8. The third-order valence-electron chi connectivity index (χ3n) is 6.15. The van der Waals surface area contributed by atoms with Gasteiger partial charge in [-0.2, -0.15) is 0 Å². The molecule has 4 amide bonds. The Labute approximate surface area is 222 Å². The number of halogens is 1. The molecule has 7 nitrogen and oxygen atoms in total. The van der Waals surface area contributed by atoms with Crippen LogP contribution in [0, 0.1) is 6.92 Å². The smallest absolute Gasteiger partial charge is 0.325 e. The molecule has 3 atom stereocenters. The van der Waals surface area contributed by atoms with Gasteiger partial charge in [-0.1, -0.05) is 80.9 Å². The third-order valence-corrected chi connectivity index (χ3v) is 6.46. The third kappa shape index (κ3) is 6.12. The molecule has 0 radical (unpaired) electrons. The molecule has 0 spiro atoms. The number of benzene rings is 3. The quantitative estimate of drug-likeness (QED) is 0.368. The maximum atomic E-state index is 13.6. The molecule has 194 valence electrons. The van der Waals surface area contributed by atoms with Crippen molar-refractivity contribution in [2.45, 2.75) is 45.7 Å². The van der Waals surface area contributed by atoms with Crippen LogP contribution in [0.15, 0.2) is 72.8 Å². The molecular weight excluding hydrogens is 490 g/mol. The summed E-state index contributed by atoms with van der Waals surface area (Å²) in [5.41, 5.74) is 2.76. The summed E-state index contributed by atoms with van der Waals surface area (Å²) < 4.78 is 5.18. The molecule has 0 aliphatic carbocycles. The molecule has 3 aromatic rings. The number of carbonyl (C=O) groups is 3. The average Bonchev–Trinajstić information content (AvgIpc) is 3.21. The van der Waals surface area contributed by atoms with Crippen LogP contribution in [0.3, 0.4) is 0 Å². The average molecular weight is 522 g/mol. The zero-order valence-corrected chi connectivity index (χ0v) is 22.4. The molecule has 0 saturated carbocycles. The summed E-state index contributed by atoms with van der Waals surface area (Å²) in [7, 11) is 1.55. The van der Waals surface area contributed by atoms with Crippen molar-refractivity contribution in [2.75, 3.05) is 12.4 Å². The normalized spacial score (nSPS) is 16.3. The lowest BCUT2D eigenvalue weighted by molar-refractivity contribution is -0.134. The number of ether oxygens (including phenoxy) is 1. The Kier molecular flexibility index (Phi) is 9.31. The van der Waals surface area contributed by atoms with Gasteiger partial charge >= 0.3 is 6.03 Å². The number of nitrogens with one attached hydrogen (secondary N) is 2. The van der Waals surface area contributed by atoms with Crippen molar-refractivity contribution in [1.82, 2.24) is 10.2 Å². The topological polar surface area (TPSA) is 87.7 Å². The summed E-state index contributed by atoms with van der Waals surface area (Å²) in [4.78, 5) is 41.2. The van der Waals surface area contributed by atoms with E-state index in [0.29, 0.717) is 22.0 Å². The van der Waals surface area contributed by atoms with Gasteiger partial charge in [0.05, 0.1) is 17.8 Å². The van der Waals surface area contributed by atoms with E-state index in [9.17, 15) is 14.4 Å². The predicted octanol–water partition coefficient (Wildman–Crippen LogP) is 6.09. The second-order valence-electron chi connectivity index (χ2n) is 8.48. The number of hydrogen-bond donors (Lipinski definition) is 2. The number of imide groups is 1. The molecule has 2 N–H and O–H groups in total. The van der Waals surface area contributed by atoms with Crippen LogP contribution in [0.2, 0.25) is 5.02 Å². The van der Waals surface area contributed by atoms with Crippen molar-refractivity contribution in [2.24, 2.45) is 0 Å². The number of nitrogens with zero attached hydrogens (tertiary/aromatic N) is 1. The van der Waals surface area contributed by atoms with Gasteiger partial charge < -0.3 is 15.4 Å². The van der Waals surface area contributed by atoms with Crippen molar-refractivity contribution in [3.63, 3.8) is 0 Å². The number of hydrogen-bond acceptors (Lipinski definition) is 4. The Balaban J connectivity index is 0.00000186. The number of anilines is 1. The maximum Gasteiger partial charge on any atom is 0.325 e. The highest BCUT2D eigenvalue weighted by Gasteiger charge is 2.47. The molecule has 1 fully saturated rings. The number of amides is 4. The first-order valence-electron chi connectivity index (χ1n) is 12.2. The van der Waals surface area contributed by atoms with Crippen LogP contribution < -0.4 is 15.4 Å². The lowest BCUT2D eigenvalue weighted by Gasteiger charge is -2.30. The van der Waals surface area contributed by atoms with Crippen LogP contribution in [0.4, 0.5) is 10.5 Å². The molecule has 0 bridgehead atoms. The zero-order valence-electron chi connectivity index (χ0n) is 21.6. The predicted molar refractivity (Wildman–Crippen MR) is 146 cm³/mol. The van der Waals surface area contributed by atoms with Gasteiger partial charge in [-0.3, -0.25) is 9.59 Å². The zero-order chi connectivity index (χ0) is 27.1. The summed E-state index contributed by atoms with van der Waals surface area (Å²) in [5, 5.41) is 5.91. The minimum atomic E-state index is -1.11. The van der Waals surface area contributed by atoms with E-state index in [-0.39, 0.29) is 0 Å². The van der Waals surface area contributed by atoms with Crippen molar-refractivity contribution >= 4 is 35.1 Å². The largest absolute Gasteiger partial charge is 0.497 e. The fourth-order valence-electron chi connectivity index (χ4n) is 4.21. The van der Waals surface area contributed by atoms with Crippen LogP contribution in [-0.4, -0.2) is 35.9 Å². The highest BCUT2D eigenvalue weighted by molar-refractivity contribution is 6.33. The molecule has 1 aliphatic rings. The maximum absolute atomic E-state index is 13.6. The first-order valence-corrected chi connectivity index (χ1v) is 12.6. The summed E-state index contributed by atoms with van der Waals surface area (Å²) in [6, 6.07) is 18.8. The van der Waals surface area contributed by atoms with Gasteiger partial charge in [0.2, 0.25) is 5.91 Å². The molecule has 8 heteroatoms. The first kappa shape index (κ1) is 27.7. The van der Waals surface area contributed by atoms with E-state index in [1.165, 1.54) is 0 Å². The monoisotopic (exact) mass is 521 g/mol. The van der Waals surface area contributed by atoms with Gasteiger partial charge in [0, 0.05) is 5.92 Å². The van der Waals surface area contributed by atoms with E-state index in [4.69, 9.17) is 16.3 Å². The van der Waals surface area contributed by atoms with Crippen molar-refractivity contribution in [3.05, 3.63) is 94.5 Å². The molecule has 37 heavy (non-hydrogen) atoms. The van der Waals surface area contributed by atoms with E-state index in [1.54, 1.807) is 43.5 Å². The number of urea groups is 1. The Bertz CT molecular complexity index is 1250. The summed E-state index contributed by atoms with van der Waals surface area (Å²) in [6.45, 7) is 7.71. The van der Waals surface area contributed by atoms with Crippen molar-refractivity contribution in [1.29, 1.82) is 0 Å². The Morgan fingerprint density at radius 3 is 2.27 bits per heavy atom. The van der Waals surface area contributed by atoms with Crippen LogP contribution in [0.1, 0.15) is 49.4 Å². The van der Waals surface area contributed by atoms with E-state index in [1.807, 2.05) is 64.1 Å². The van der Waals surface area contributed by atoms with Gasteiger partial charge in [0.15, 0.2) is 0 Å². The summed E-state index contributed by atoms with van der Waals surface area (Å²) in [5.74, 6) is -0.860. The van der Waals surface area contributed by atoms with E-state index in [2.05, 4.69) is 10.6 Å². The molecule has 2 unspecified atom stereocenters. The van der Waals surface area contributed by atoms with Gasteiger partial charge in [0.1, 0.15) is 17.8 Å². The Morgan fingerprint density at radius 1 is 1.03 bits per heavy atom. The van der Waals surface area contributed by atoms with Crippen molar-refractivity contribution in [3.8, 4) is 5.75 Å². The van der Waals surface area contributed by atoms with E-state index in [0.717, 1.165) is 16.0 Å². The number of aryl methyl sites for hydroxylation is 1. The number of carbonyl (C=O) groups excluding carboxylic acids is 3. The number of methoxy groups -OCH3 is 1. The summed E-state index contributed by atoms with van der Waals surface area (Å²) >= 11 is 6.34. The minimum absolute atomic E-state index is 0.373. The molecule has 3 aromatic carbocycles. The van der Waals surface area contributed by atoms with Gasteiger partial charge in [-0.25, -0.2) is 9.69 Å². The van der Waals surface area contributed by atoms with Crippen LogP contribution in [0.5, 0.6) is 5.75 Å². The fourth-order valence-corrected chi connectivity index (χ4v) is 4.50. The van der Waals surface area contributed by atoms with Gasteiger partial charge in [-0.15, -0.1) is 0 Å². The van der Waals surface area contributed by atoms with E-state index >= 15 is 0 Å². The van der Waals surface area contributed by atoms with E-state index < -0.39 is 35.8 Å². The molecule has 1 saturated heterocycles. The van der Waals surface area contributed by atoms with Gasteiger partial charge in [-0.05, 0) is 47.9 Å². The highest BCUT2D eigenvalue weighted by atomic mass is 35.5. The highest BCUT2D eigenvalue weighted by Crippen LogP contribution is 2.32. The molecule has 4 rings (SSSR count). The molecule has 1 aliphatic heterocycles. The Morgan fingerprint density at radius 2 is 1.68 bits per heavy atom. The van der Waals surface area contributed by atoms with Crippen LogP contribution in [-0.2, 0) is 9.59 Å². The Hall–Kier alpha value is -3.84. The van der Waals surface area contributed by atoms with Crippen molar-refractivity contribution < 1.29 is 19.1 Å². The van der Waals surface area contributed by atoms with Crippen LogP contribution in [0.25, 0.3) is 0 Å². The molecule has 1 heterocycles. The summed E-state index contributed by atoms with van der Waals surface area (Å²) in [6.07, 6.45) is 0. The standard InChI is InChI=1S/C27H26ClN3O4.C2H6/c1-16-9-14-22(21(28)15-16)29-25(32)24(17(2)18-7-5-4-6-8-18)31-26(33)23(30-27(31)34)19-10-12-20(35-3)13-11-19;1-2/h4-15,17,23-24H,1-3H3,(H,29,32)(H,30,34);1-2H3/t17?,23-,24?;/m1./s1. The second-order valence-corrected chi connectivity index (χ2v) is 8.89. The minimum Gasteiger partial charge on any atom is -0.497 e. The number of rotatable bonds is 7. The SMILES string of the molecule is CC.COc1ccc([C@H]2NC(=O)N(C(C(=O)Nc3ccc(C)cc3Cl)C(C)c3ccccc3)C2=O)cc1. The molecular formula is C29H32ClN3O4. The lowest BCUT2D eigenvalue weighted by atomic mass is 9.91.